The number of primary amides is 1. The highest BCUT2D eigenvalue weighted by Crippen LogP contribution is 2.28. The van der Waals surface area contributed by atoms with Crippen LogP contribution in [0.4, 0.5) is 10.1 Å². The second-order valence-electron chi connectivity index (χ2n) is 4.70. The Labute approximate surface area is 105 Å². The Hall–Kier alpha value is -1.78. The van der Waals surface area contributed by atoms with Crippen LogP contribution in [0.2, 0.25) is 0 Å². The van der Waals surface area contributed by atoms with Crippen LogP contribution >= 0.6 is 0 Å². The number of anilines is 1. The van der Waals surface area contributed by atoms with Gasteiger partial charge in [-0.1, -0.05) is 12.8 Å². The van der Waals surface area contributed by atoms with Crippen molar-refractivity contribution in [2.24, 2.45) is 11.7 Å². The van der Waals surface area contributed by atoms with Gasteiger partial charge in [0.05, 0.1) is 12.2 Å². The number of amides is 1. The molecule has 0 aliphatic heterocycles. The van der Waals surface area contributed by atoms with Crippen LogP contribution in [-0.2, 0) is 0 Å². The van der Waals surface area contributed by atoms with Gasteiger partial charge in [-0.25, -0.2) is 4.39 Å². The first kappa shape index (κ1) is 12.7. The molecule has 0 aromatic heterocycles. The summed E-state index contributed by atoms with van der Waals surface area (Å²) >= 11 is 0. The van der Waals surface area contributed by atoms with Crippen LogP contribution in [0.5, 0.6) is 5.75 Å². The maximum absolute atomic E-state index is 13.6. The van der Waals surface area contributed by atoms with E-state index in [1.165, 1.54) is 18.9 Å². The molecule has 4 nitrogen and oxygen atoms in total. The summed E-state index contributed by atoms with van der Waals surface area (Å²) in [5.74, 6) is -0.724. The molecule has 1 saturated carbocycles. The Bertz CT molecular complexity index is 457. The summed E-state index contributed by atoms with van der Waals surface area (Å²) in [5.41, 5.74) is 10.8. The van der Waals surface area contributed by atoms with Gasteiger partial charge in [-0.2, -0.15) is 0 Å². The average Bonchev–Trinajstić information content (AvgIpc) is 2.80. The van der Waals surface area contributed by atoms with Crippen molar-refractivity contribution in [1.82, 2.24) is 0 Å². The molecule has 0 radical (unpaired) electrons. The number of carbonyl (C=O) groups is 1. The minimum absolute atomic E-state index is 0.0354. The topological polar surface area (TPSA) is 78.3 Å². The standard InChI is InChI=1S/C13H17FN2O2/c14-10-6-11(15)9(13(16)17)5-12(10)18-7-8-3-1-2-4-8/h5-6,8H,1-4,7,15H2,(H2,16,17). The van der Waals surface area contributed by atoms with Gasteiger partial charge in [0.2, 0.25) is 0 Å². The summed E-state index contributed by atoms with van der Waals surface area (Å²) in [6.07, 6.45) is 4.62. The molecule has 1 fully saturated rings. The van der Waals surface area contributed by atoms with Crippen molar-refractivity contribution in [2.45, 2.75) is 25.7 Å². The third kappa shape index (κ3) is 2.72. The number of halogens is 1. The van der Waals surface area contributed by atoms with E-state index in [9.17, 15) is 9.18 Å². The molecule has 0 bridgehead atoms. The molecular weight excluding hydrogens is 235 g/mol. The summed E-state index contributed by atoms with van der Waals surface area (Å²) in [6.45, 7) is 0.471. The molecule has 1 amide bonds. The van der Waals surface area contributed by atoms with Crippen molar-refractivity contribution in [2.75, 3.05) is 12.3 Å². The maximum atomic E-state index is 13.6. The first-order valence-corrected chi connectivity index (χ1v) is 6.09. The van der Waals surface area contributed by atoms with Gasteiger partial charge in [0.25, 0.3) is 5.91 Å². The Kier molecular flexibility index (Phi) is 3.69. The molecule has 1 aliphatic rings. The molecule has 1 aromatic rings. The van der Waals surface area contributed by atoms with Crippen molar-refractivity contribution in [1.29, 1.82) is 0 Å². The maximum Gasteiger partial charge on any atom is 0.250 e. The second-order valence-corrected chi connectivity index (χ2v) is 4.70. The van der Waals surface area contributed by atoms with Crippen molar-refractivity contribution in [3.8, 4) is 5.75 Å². The first-order chi connectivity index (χ1) is 8.58. The zero-order valence-corrected chi connectivity index (χ0v) is 10.1. The fourth-order valence-corrected chi connectivity index (χ4v) is 2.28. The van der Waals surface area contributed by atoms with Gasteiger partial charge in [-0.05, 0) is 24.8 Å². The van der Waals surface area contributed by atoms with E-state index in [2.05, 4.69) is 0 Å². The third-order valence-corrected chi connectivity index (χ3v) is 3.32. The fourth-order valence-electron chi connectivity index (χ4n) is 2.28. The summed E-state index contributed by atoms with van der Waals surface area (Å²) in [6, 6.07) is 2.35. The molecule has 18 heavy (non-hydrogen) atoms. The molecule has 1 aromatic carbocycles. The Morgan fingerprint density at radius 1 is 1.39 bits per heavy atom. The molecule has 0 spiro atoms. The first-order valence-electron chi connectivity index (χ1n) is 6.09. The van der Waals surface area contributed by atoms with E-state index in [1.54, 1.807) is 0 Å². The molecular formula is C13H17FN2O2. The molecule has 0 atom stereocenters. The number of nitrogens with two attached hydrogens (primary N) is 2. The van der Waals surface area contributed by atoms with Gasteiger partial charge in [0.15, 0.2) is 11.6 Å². The number of ether oxygens (including phenoxy) is 1. The third-order valence-electron chi connectivity index (χ3n) is 3.32. The quantitative estimate of drug-likeness (QED) is 0.805. The normalized spacial score (nSPS) is 15.8. The SMILES string of the molecule is NC(=O)c1cc(OCC2CCCC2)c(F)cc1N. The highest BCUT2D eigenvalue weighted by atomic mass is 19.1. The molecule has 4 N–H and O–H groups in total. The summed E-state index contributed by atoms with van der Waals surface area (Å²) in [4.78, 5) is 11.1. The number of nitrogen functional groups attached to an aromatic ring is 1. The van der Waals surface area contributed by atoms with Crippen LogP contribution in [0.3, 0.4) is 0 Å². The zero-order valence-electron chi connectivity index (χ0n) is 10.1. The predicted molar refractivity (Wildman–Crippen MR) is 66.8 cm³/mol. The molecule has 5 heteroatoms. The lowest BCUT2D eigenvalue weighted by Gasteiger charge is -2.13. The Balaban J connectivity index is 2.11. The van der Waals surface area contributed by atoms with Crippen LogP contribution in [0.1, 0.15) is 36.0 Å². The molecule has 2 rings (SSSR count). The number of hydrogen-bond acceptors (Lipinski definition) is 3. The van der Waals surface area contributed by atoms with Gasteiger partial charge in [-0.3, -0.25) is 4.79 Å². The lowest BCUT2D eigenvalue weighted by atomic mass is 10.1. The highest BCUT2D eigenvalue weighted by molar-refractivity contribution is 5.98. The summed E-state index contributed by atoms with van der Waals surface area (Å²) in [7, 11) is 0. The minimum atomic E-state index is -0.682. The van der Waals surface area contributed by atoms with Gasteiger partial charge < -0.3 is 16.2 Å². The van der Waals surface area contributed by atoms with Gasteiger partial charge >= 0.3 is 0 Å². The van der Waals surface area contributed by atoms with Crippen LogP contribution in [0.25, 0.3) is 0 Å². The fraction of sp³-hybridized carbons (Fsp3) is 0.462. The lowest BCUT2D eigenvalue weighted by molar-refractivity contribution is 0.100. The van der Waals surface area contributed by atoms with Crippen molar-refractivity contribution < 1.29 is 13.9 Å². The van der Waals surface area contributed by atoms with Crippen LogP contribution in [0, 0.1) is 11.7 Å². The predicted octanol–water partition coefficient (Wildman–Crippen LogP) is 2.08. The number of rotatable bonds is 4. The lowest BCUT2D eigenvalue weighted by Crippen LogP contribution is -2.15. The van der Waals surface area contributed by atoms with Crippen molar-refractivity contribution >= 4 is 11.6 Å². The molecule has 0 heterocycles. The highest BCUT2D eigenvalue weighted by Gasteiger charge is 2.18. The largest absolute Gasteiger partial charge is 0.490 e. The zero-order chi connectivity index (χ0) is 13.1. The van der Waals surface area contributed by atoms with E-state index in [1.807, 2.05) is 0 Å². The van der Waals surface area contributed by atoms with Gasteiger partial charge in [0.1, 0.15) is 0 Å². The van der Waals surface area contributed by atoms with E-state index in [4.69, 9.17) is 16.2 Å². The molecule has 98 valence electrons. The van der Waals surface area contributed by atoms with Crippen molar-refractivity contribution in [3.63, 3.8) is 0 Å². The Morgan fingerprint density at radius 2 is 2.06 bits per heavy atom. The second kappa shape index (κ2) is 5.25. The van der Waals surface area contributed by atoms with E-state index in [-0.39, 0.29) is 17.0 Å². The van der Waals surface area contributed by atoms with E-state index in [0.717, 1.165) is 18.9 Å². The minimum Gasteiger partial charge on any atom is -0.490 e. The van der Waals surface area contributed by atoms with Crippen molar-refractivity contribution in [3.05, 3.63) is 23.5 Å². The van der Waals surface area contributed by atoms with Gasteiger partial charge in [0, 0.05) is 11.8 Å². The number of carbonyl (C=O) groups excluding carboxylic acids is 1. The average molecular weight is 252 g/mol. The summed E-state index contributed by atoms with van der Waals surface area (Å²) in [5, 5.41) is 0. The van der Waals surface area contributed by atoms with E-state index < -0.39 is 11.7 Å². The van der Waals surface area contributed by atoms with Gasteiger partial charge in [-0.15, -0.1) is 0 Å². The number of hydrogen-bond donors (Lipinski definition) is 2. The number of benzene rings is 1. The molecule has 0 unspecified atom stereocenters. The molecule has 1 aliphatic carbocycles. The van der Waals surface area contributed by atoms with Crippen LogP contribution in [0.15, 0.2) is 12.1 Å². The Morgan fingerprint density at radius 3 is 2.67 bits per heavy atom. The molecule has 0 saturated heterocycles. The van der Waals surface area contributed by atoms with E-state index in [0.29, 0.717) is 12.5 Å². The monoisotopic (exact) mass is 252 g/mol. The van der Waals surface area contributed by atoms with Crippen LogP contribution in [-0.4, -0.2) is 12.5 Å². The van der Waals surface area contributed by atoms with Crippen LogP contribution < -0.4 is 16.2 Å². The smallest absolute Gasteiger partial charge is 0.250 e. The summed E-state index contributed by atoms with van der Waals surface area (Å²) < 4.78 is 19.0. The van der Waals surface area contributed by atoms with E-state index >= 15 is 0 Å².